The van der Waals surface area contributed by atoms with Crippen LogP contribution in [0.3, 0.4) is 0 Å². The monoisotopic (exact) mass is 633 g/mol. The maximum atomic E-state index is 15.2. The number of carbonyl (C=O) groups excluding carboxylic acids is 2. The summed E-state index contributed by atoms with van der Waals surface area (Å²) in [5.41, 5.74) is 1.24. The van der Waals surface area contributed by atoms with Gasteiger partial charge in [-0.15, -0.1) is 0 Å². The molecule has 5 rings (SSSR count). The molecule has 0 unspecified atom stereocenters. The number of halogens is 4. The Bertz CT molecular complexity index is 1580. The van der Waals surface area contributed by atoms with E-state index >= 15 is 4.39 Å². The number of piperidine rings is 1. The number of rotatable bonds is 7. The van der Waals surface area contributed by atoms with Crippen molar-refractivity contribution in [2.24, 2.45) is 5.92 Å². The number of hydrogen-bond donors (Lipinski definition) is 3. The molecule has 0 spiro atoms. The highest BCUT2D eigenvalue weighted by atomic mass is 19.4. The third-order valence-corrected chi connectivity index (χ3v) is 9.10. The van der Waals surface area contributed by atoms with Gasteiger partial charge in [0, 0.05) is 29.4 Å². The predicted molar refractivity (Wildman–Crippen MR) is 179 cm³/mol. The molecule has 13 heteroatoms. The minimum Gasteiger partial charge on any atom is -0.403 e. The topological polar surface area (TPSA) is 81.7 Å². The SMILES string of the molecule is Bc1cc(C)c(C(=O)N2CCC[C@H](C(=O)Nc3ccc(C(B)(B)O)c(C(F)(F)F)c3)[C@@H]2c2ccc(NC3CCCC3)cc2)c(F)c1. The first kappa shape index (κ1) is 33.6. The number of carbonyl (C=O) groups is 2. The standard InChI is InChI=1S/C33H38B3F4N3O3/c1-18-15-20(34)16-27(37)28(18)31(45)43-14-4-7-24(29(43)19-8-10-22(11-9-19)41-21-5-2-3-6-21)30(44)42-23-12-13-25(32(35,36)46)26(17-23)33(38,39)40/h8-13,15-17,21,24,29,41,46H,2-7,14,34-36H2,1H3,(H,42,44)/t24-,29-/m0/s1. The highest BCUT2D eigenvalue weighted by Gasteiger charge is 2.41. The maximum Gasteiger partial charge on any atom is 0.416 e. The third kappa shape index (κ3) is 7.30. The molecule has 1 saturated carbocycles. The van der Waals surface area contributed by atoms with E-state index in [2.05, 4.69) is 10.6 Å². The van der Waals surface area contributed by atoms with Crippen LogP contribution in [0.2, 0.25) is 0 Å². The van der Waals surface area contributed by atoms with Crippen molar-refractivity contribution < 1.29 is 32.3 Å². The van der Waals surface area contributed by atoms with Crippen LogP contribution in [0.4, 0.5) is 28.9 Å². The average Bonchev–Trinajstić information content (AvgIpc) is 3.48. The minimum atomic E-state index is -4.77. The van der Waals surface area contributed by atoms with Crippen molar-refractivity contribution in [2.75, 3.05) is 17.2 Å². The number of aliphatic hydroxyl groups is 1. The van der Waals surface area contributed by atoms with Gasteiger partial charge in [0.2, 0.25) is 5.91 Å². The fraction of sp³-hybridized carbons (Fsp3) is 0.394. The lowest BCUT2D eigenvalue weighted by molar-refractivity contribution is -0.139. The molecule has 3 aromatic carbocycles. The minimum absolute atomic E-state index is 0.0618. The molecule has 2 aliphatic rings. The van der Waals surface area contributed by atoms with Crippen molar-refractivity contribution in [2.45, 2.75) is 69.1 Å². The van der Waals surface area contributed by atoms with Gasteiger partial charge in [0.1, 0.15) is 29.4 Å². The fourth-order valence-corrected chi connectivity index (χ4v) is 6.95. The Morgan fingerprint density at radius 3 is 2.17 bits per heavy atom. The second kappa shape index (κ2) is 13.2. The van der Waals surface area contributed by atoms with Crippen LogP contribution in [-0.2, 0) is 16.4 Å². The van der Waals surface area contributed by atoms with E-state index in [9.17, 15) is 27.9 Å². The molecular weight excluding hydrogens is 595 g/mol. The Hall–Kier alpha value is -3.73. The molecule has 46 heavy (non-hydrogen) atoms. The summed E-state index contributed by atoms with van der Waals surface area (Å²) in [7, 11) is 4.27. The number of benzene rings is 3. The van der Waals surface area contributed by atoms with Crippen molar-refractivity contribution in [3.63, 3.8) is 0 Å². The maximum absolute atomic E-state index is 15.2. The molecule has 3 aromatic rings. The lowest BCUT2D eigenvalue weighted by Crippen LogP contribution is -2.47. The van der Waals surface area contributed by atoms with Gasteiger partial charge in [0.05, 0.1) is 23.1 Å². The fourth-order valence-electron chi connectivity index (χ4n) is 6.95. The molecule has 2 amide bonds. The van der Waals surface area contributed by atoms with Crippen LogP contribution in [0, 0.1) is 18.7 Å². The lowest BCUT2D eigenvalue weighted by Gasteiger charge is -2.41. The zero-order valence-corrected chi connectivity index (χ0v) is 26.6. The molecule has 6 nitrogen and oxygen atoms in total. The van der Waals surface area contributed by atoms with E-state index < -0.39 is 46.7 Å². The third-order valence-electron chi connectivity index (χ3n) is 9.10. The number of nitrogens with one attached hydrogen (secondary N) is 2. The Kier molecular flexibility index (Phi) is 9.64. The van der Waals surface area contributed by atoms with Crippen molar-refractivity contribution in [3.05, 3.63) is 88.2 Å². The van der Waals surface area contributed by atoms with Gasteiger partial charge in [-0.1, -0.05) is 42.6 Å². The van der Waals surface area contributed by atoms with Crippen molar-refractivity contribution in [1.82, 2.24) is 4.90 Å². The molecule has 2 atom stereocenters. The molecular formula is C33H38B3F4N3O3. The Morgan fingerprint density at radius 2 is 1.57 bits per heavy atom. The van der Waals surface area contributed by atoms with Crippen molar-refractivity contribution in [1.29, 1.82) is 0 Å². The molecule has 0 aromatic heterocycles. The highest BCUT2D eigenvalue weighted by Crippen LogP contribution is 2.40. The van der Waals surface area contributed by atoms with E-state index in [4.69, 9.17) is 0 Å². The summed E-state index contributed by atoms with van der Waals surface area (Å²) in [4.78, 5) is 29.5. The summed E-state index contributed by atoms with van der Waals surface area (Å²) < 4.78 is 57.2. The largest absolute Gasteiger partial charge is 0.416 e. The van der Waals surface area contributed by atoms with Gasteiger partial charge in [-0.05, 0) is 79.6 Å². The van der Waals surface area contributed by atoms with E-state index in [1.54, 1.807) is 20.8 Å². The first-order valence-corrected chi connectivity index (χ1v) is 15.8. The van der Waals surface area contributed by atoms with Crippen LogP contribution in [0.25, 0.3) is 0 Å². The second-order valence-electron chi connectivity index (χ2n) is 13.2. The molecule has 240 valence electrons. The summed E-state index contributed by atoms with van der Waals surface area (Å²) in [6.07, 6.45) is 0.561. The van der Waals surface area contributed by atoms with Gasteiger partial charge < -0.3 is 20.6 Å². The quantitative estimate of drug-likeness (QED) is 0.276. The first-order valence-electron chi connectivity index (χ1n) is 15.8. The van der Waals surface area contributed by atoms with Crippen molar-refractivity contribution >= 4 is 52.2 Å². The molecule has 1 saturated heterocycles. The van der Waals surface area contributed by atoms with E-state index in [-0.39, 0.29) is 23.4 Å². The zero-order valence-electron chi connectivity index (χ0n) is 26.6. The first-order chi connectivity index (χ1) is 21.6. The van der Waals surface area contributed by atoms with Gasteiger partial charge in [-0.2, -0.15) is 13.2 Å². The summed E-state index contributed by atoms with van der Waals surface area (Å²) in [6, 6.07) is 13.5. The molecule has 1 heterocycles. The molecule has 2 fully saturated rings. The van der Waals surface area contributed by atoms with Gasteiger partial charge >= 0.3 is 6.18 Å². The molecule has 3 N–H and O–H groups in total. The van der Waals surface area contributed by atoms with Crippen LogP contribution in [0.5, 0.6) is 0 Å². The smallest absolute Gasteiger partial charge is 0.403 e. The number of anilines is 2. The van der Waals surface area contributed by atoms with Gasteiger partial charge in [-0.3, -0.25) is 9.59 Å². The van der Waals surface area contributed by atoms with Gasteiger partial charge in [0.15, 0.2) is 0 Å². The van der Waals surface area contributed by atoms with Crippen molar-refractivity contribution in [3.8, 4) is 0 Å². The molecule has 1 aliphatic carbocycles. The number of amides is 2. The summed E-state index contributed by atoms with van der Waals surface area (Å²) in [5.74, 6) is -2.57. The summed E-state index contributed by atoms with van der Waals surface area (Å²) in [6.45, 7) is 1.95. The molecule has 0 bridgehead atoms. The Balaban J connectivity index is 1.50. The van der Waals surface area contributed by atoms with Crippen LogP contribution < -0.4 is 16.1 Å². The lowest BCUT2D eigenvalue weighted by atomic mass is 9.60. The predicted octanol–water partition coefficient (Wildman–Crippen LogP) is 3.37. The van der Waals surface area contributed by atoms with E-state index in [1.807, 2.05) is 24.3 Å². The van der Waals surface area contributed by atoms with Crippen LogP contribution >= 0.6 is 0 Å². The molecule has 0 radical (unpaired) electrons. The summed E-state index contributed by atoms with van der Waals surface area (Å²) in [5, 5.41) is 14.8. The number of aryl methyl sites for hydroxylation is 1. The number of nitrogens with zero attached hydrogens (tertiary/aromatic N) is 1. The van der Waals surface area contributed by atoms with E-state index in [0.29, 0.717) is 35.5 Å². The highest BCUT2D eigenvalue weighted by molar-refractivity contribution is 6.38. The molecule has 1 aliphatic heterocycles. The number of alkyl halides is 3. The average molecular weight is 633 g/mol. The van der Waals surface area contributed by atoms with E-state index in [1.165, 1.54) is 45.6 Å². The number of hydrogen-bond acceptors (Lipinski definition) is 4. The van der Waals surface area contributed by atoms with Gasteiger partial charge in [0.25, 0.3) is 5.91 Å². The van der Waals surface area contributed by atoms with Crippen LogP contribution in [0.1, 0.15) is 77.2 Å². The van der Waals surface area contributed by atoms with Gasteiger partial charge in [-0.25, -0.2) is 4.39 Å². The Labute approximate surface area is 269 Å². The Morgan fingerprint density at radius 1 is 0.913 bits per heavy atom. The van der Waals surface area contributed by atoms with Crippen LogP contribution in [-0.4, -0.2) is 57.9 Å². The normalized spacial score (nSPS) is 19.2. The number of likely N-dealkylation sites (tertiary alicyclic amines) is 1. The second-order valence-corrected chi connectivity index (χ2v) is 13.2. The zero-order chi connectivity index (χ0) is 33.4. The van der Waals surface area contributed by atoms with Crippen LogP contribution in [0.15, 0.2) is 54.6 Å². The summed E-state index contributed by atoms with van der Waals surface area (Å²) >= 11 is 0. The van der Waals surface area contributed by atoms with E-state index in [0.717, 1.165) is 30.7 Å².